The Balaban J connectivity index is 2.29. The van der Waals surface area contributed by atoms with Crippen molar-refractivity contribution in [2.45, 2.75) is 52.5 Å². The Bertz CT molecular complexity index is 1110. The van der Waals surface area contributed by atoms with Gasteiger partial charge in [-0.2, -0.15) is 0 Å². The highest BCUT2D eigenvalue weighted by atomic mass is 32.2. The third-order valence-electron chi connectivity index (χ3n) is 4.76. The lowest BCUT2D eigenvalue weighted by atomic mass is 10.0. The largest absolute Gasteiger partial charge is 0.451 e. The Morgan fingerprint density at radius 3 is 2.33 bits per heavy atom. The quantitative estimate of drug-likeness (QED) is 0.487. The van der Waals surface area contributed by atoms with Crippen LogP contribution >= 0.6 is 0 Å². The molecule has 1 heterocycles. The number of esters is 1. The number of carbonyl (C=O) groups is 3. The molecule has 0 saturated carbocycles. The first-order valence-electron chi connectivity index (χ1n) is 9.46. The number of benzene rings is 1. The Hall–Kier alpha value is -2.78. The van der Waals surface area contributed by atoms with Crippen LogP contribution in [0.2, 0.25) is 0 Å². The van der Waals surface area contributed by atoms with Crippen molar-refractivity contribution in [2.75, 3.05) is 6.54 Å². The van der Waals surface area contributed by atoms with Crippen LogP contribution in [0.3, 0.4) is 0 Å². The van der Waals surface area contributed by atoms with E-state index < -0.39 is 27.9 Å². The number of ether oxygens (including phenoxy) is 1. The standard InChI is InChI=1S/C21H26N2O6S/c1-7-22-30(27,28)16-9-8-11(2)17(10-16)21(26)29-15(6)20(25)19-12(3)18(14(5)24)13(4)23-19/h8-10,15,22-23H,7H2,1-6H3/t15-/m1/s1. The zero-order chi connectivity index (χ0) is 22.8. The summed E-state index contributed by atoms with van der Waals surface area (Å²) in [7, 11) is -3.75. The molecule has 0 radical (unpaired) electrons. The van der Waals surface area contributed by atoms with E-state index in [-0.39, 0.29) is 28.5 Å². The van der Waals surface area contributed by atoms with Crippen LogP contribution in [0.15, 0.2) is 23.1 Å². The van der Waals surface area contributed by atoms with E-state index in [1.807, 2.05) is 0 Å². The molecule has 9 heteroatoms. The monoisotopic (exact) mass is 434 g/mol. The number of carbonyl (C=O) groups excluding carboxylic acids is 3. The minimum atomic E-state index is -3.75. The normalized spacial score (nSPS) is 12.5. The van der Waals surface area contributed by atoms with E-state index in [1.54, 1.807) is 27.7 Å². The second-order valence-electron chi connectivity index (χ2n) is 7.07. The molecule has 2 aromatic rings. The highest BCUT2D eigenvalue weighted by Gasteiger charge is 2.27. The molecule has 0 unspecified atom stereocenters. The fourth-order valence-corrected chi connectivity index (χ4v) is 4.33. The second kappa shape index (κ2) is 8.93. The lowest BCUT2D eigenvalue weighted by Gasteiger charge is -2.14. The van der Waals surface area contributed by atoms with Crippen molar-refractivity contribution in [3.63, 3.8) is 0 Å². The van der Waals surface area contributed by atoms with E-state index in [1.165, 1.54) is 32.0 Å². The third-order valence-corrected chi connectivity index (χ3v) is 6.31. The van der Waals surface area contributed by atoms with Gasteiger partial charge in [-0.25, -0.2) is 17.9 Å². The number of rotatable bonds is 8. The van der Waals surface area contributed by atoms with Crippen molar-refractivity contribution >= 4 is 27.6 Å². The number of hydrogen-bond donors (Lipinski definition) is 2. The molecule has 0 fully saturated rings. The van der Waals surface area contributed by atoms with Crippen molar-refractivity contribution < 1.29 is 27.5 Å². The Labute approximate surface area is 176 Å². The van der Waals surface area contributed by atoms with Crippen molar-refractivity contribution in [1.29, 1.82) is 0 Å². The number of aromatic amines is 1. The molecule has 162 valence electrons. The van der Waals surface area contributed by atoms with E-state index in [9.17, 15) is 22.8 Å². The maximum atomic E-state index is 12.8. The number of aromatic nitrogens is 1. The van der Waals surface area contributed by atoms with Gasteiger partial charge in [-0.3, -0.25) is 9.59 Å². The Morgan fingerprint density at radius 1 is 1.17 bits per heavy atom. The first-order chi connectivity index (χ1) is 13.9. The molecular weight excluding hydrogens is 408 g/mol. The molecule has 0 spiro atoms. The highest BCUT2D eigenvalue weighted by molar-refractivity contribution is 7.89. The van der Waals surface area contributed by atoms with Crippen LogP contribution in [0.25, 0.3) is 0 Å². The summed E-state index contributed by atoms with van der Waals surface area (Å²) in [6.45, 7) is 9.69. The van der Waals surface area contributed by atoms with Crippen LogP contribution in [0.1, 0.15) is 68.8 Å². The predicted molar refractivity (Wildman–Crippen MR) is 112 cm³/mol. The molecule has 8 nitrogen and oxygen atoms in total. The van der Waals surface area contributed by atoms with E-state index in [0.717, 1.165) is 0 Å². The van der Waals surface area contributed by atoms with Gasteiger partial charge in [-0.1, -0.05) is 13.0 Å². The van der Waals surface area contributed by atoms with Crippen LogP contribution in [0, 0.1) is 20.8 Å². The molecule has 1 aromatic heterocycles. The molecular formula is C21H26N2O6S. The summed E-state index contributed by atoms with van der Waals surface area (Å²) >= 11 is 0. The van der Waals surface area contributed by atoms with Gasteiger partial charge in [0.1, 0.15) is 0 Å². The molecule has 2 N–H and O–H groups in total. The molecule has 0 amide bonds. The number of H-pyrrole nitrogens is 1. The van der Waals surface area contributed by atoms with Crippen LogP contribution in [0.5, 0.6) is 0 Å². The van der Waals surface area contributed by atoms with E-state index in [0.29, 0.717) is 22.4 Å². The van der Waals surface area contributed by atoms with Gasteiger partial charge >= 0.3 is 5.97 Å². The number of Topliss-reactive ketones (excluding diaryl/α,β-unsaturated/α-hetero) is 2. The Morgan fingerprint density at radius 2 is 1.80 bits per heavy atom. The number of nitrogens with one attached hydrogen (secondary N) is 2. The summed E-state index contributed by atoms with van der Waals surface area (Å²) in [4.78, 5) is 40.1. The maximum Gasteiger partial charge on any atom is 0.339 e. The number of ketones is 2. The summed E-state index contributed by atoms with van der Waals surface area (Å²) in [6, 6.07) is 4.13. The van der Waals surface area contributed by atoms with Crippen LogP contribution in [-0.4, -0.2) is 43.6 Å². The van der Waals surface area contributed by atoms with Crippen molar-refractivity contribution in [2.24, 2.45) is 0 Å². The minimum Gasteiger partial charge on any atom is -0.451 e. The van der Waals surface area contributed by atoms with Crippen LogP contribution < -0.4 is 4.72 Å². The molecule has 0 bridgehead atoms. The van der Waals surface area contributed by atoms with Gasteiger partial charge in [0.05, 0.1) is 16.2 Å². The van der Waals surface area contributed by atoms with E-state index in [4.69, 9.17) is 4.74 Å². The van der Waals surface area contributed by atoms with Crippen LogP contribution in [0.4, 0.5) is 0 Å². The van der Waals surface area contributed by atoms with Crippen molar-refractivity contribution in [3.8, 4) is 0 Å². The molecule has 0 aliphatic carbocycles. The number of sulfonamides is 1. The minimum absolute atomic E-state index is 0.0532. The van der Waals surface area contributed by atoms with E-state index >= 15 is 0 Å². The lowest BCUT2D eigenvalue weighted by Crippen LogP contribution is -2.26. The maximum absolute atomic E-state index is 12.8. The van der Waals surface area contributed by atoms with Gasteiger partial charge in [0.25, 0.3) is 0 Å². The average Bonchev–Trinajstić information content (AvgIpc) is 2.95. The fraction of sp³-hybridized carbons (Fsp3) is 0.381. The molecule has 0 aliphatic rings. The molecule has 2 rings (SSSR count). The average molecular weight is 435 g/mol. The van der Waals surface area contributed by atoms with Crippen molar-refractivity contribution in [3.05, 3.63) is 51.8 Å². The summed E-state index contributed by atoms with van der Waals surface area (Å²) < 4.78 is 32.1. The molecule has 0 aliphatic heterocycles. The van der Waals surface area contributed by atoms with Gasteiger partial charge in [-0.15, -0.1) is 0 Å². The molecule has 0 saturated heterocycles. The fourth-order valence-electron chi connectivity index (χ4n) is 3.27. The summed E-state index contributed by atoms with van der Waals surface area (Å²) in [5, 5.41) is 0. The van der Waals surface area contributed by atoms with Gasteiger partial charge in [0.2, 0.25) is 15.8 Å². The topological polar surface area (TPSA) is 122 Å². The summed E-state index contributed by atoms with van der Waals surface area (Å²) in [6.07, 6.45) is -1.14. The second-order valence-corrected chi connectivity index (χ2v) is 8.84. The number of hydrogen-bond acceptors (Lipinski definition) is 6. The highest BCUT2D eigenvalue weighted by Crippen LogP contribution is 2.22. The SMILES string of the molecule is CCNS(=O)(=O)c1ccc(C)c(C(=O)O[C@H](C)C(=O)c2[nH]c(C)c(C(C)=O)c2C)c1. The smallest absolute Gasteiger partial charge is 0.339 e. The molecule has 30 heavy (non-hydrogen) atoms. The van der Waals surface area contributed by atoms with Crippen LogP contribution in [-0.2, 0) is 14.8 Å². The van der Waals surface area contributed by atoms with Gasteiger partial charge in [0.15, 0.2) is 11.9 Å². The molecule has 1 aromatic carbocycles. The van der Waals surface area contributed by atoms with Gasteiger partial charge in [0, 0.05) is 17.8 Å². The molecule has 1 atom stereocenters. The first-order valence-corrected chi connectivity index (χ1v) is 10.9. The van der Waals surface area contributed by atoms with E-state index in [2.05, 4.69) is 9.71 Å². The van der Waals surface area contributed by atoms with Gasteiger partial charge in [-0.05, 0) is 57.9 Å². The first kappa shape index (κ1) is 23.5. The summed E-state index contributed by atoms with van der Waals surface area (Å²) in [5.41, 5.74) is 2.28. The third kappa shape index (κ3) is 4.68. The van der Waals surface area contributed by atoms with Gasteiger partial charge < -0.3 is 9.72 Å². The lowest BCUT2D eigenvalue weighted by molar-refractivity contribution is 0.0316. The predicted octanol–water partition coefficient (Wildman–Crippen LogP) is 2.87. The summed E-state index contributed by atoms with van der Waals surface area (Å²) in [5.74, 6) is -1.46. The zero-order valence-corrected chi connectivity index (χ0v) is 18.7. The van der Waals surface area contributed by atoms with Crippen molar-refractivity contribution in [1.82, 2.24) is 9.71 Å². The number of aryl methyl sites for hydroxylation is 2. The Kier molecular flexibility index (Phi) is 6.99. The zero-order valence-electron chi connectivity index (χ0n) is 17.9.